The Hall–Kier alpha value is -4.49. The number of nitriles is 1. The first-order valence-electron chi connectivity index (χ1n) is 16.0. The number of aliphatic imine (C=N–C) groups is 1. The summed E-state index contributed by atoms with van der Waals surface area (Å²) in [5.74, 6) is -2.21. The molecule has 0 bridgehead atoms. The molecule has 50 heavy (non-hydrogen) atoms. The van der Waals surface area contributed by atoms with Crippen molar-refractivity contribution in [1.29, 1.82) is 5.26 Å². The summed E-state index contributed by atoms with van der Waals surface area (Å²) in [6.07, 6.45) is -5.05. The summed E-state index contributed by atoms with van der Waals surface area (Å²) in [6.45, 7) is 5.07. The summed E-state index contributed by atoms with van der Waals surface area (Å²) in [5, 5.41) is 13.8. The van der Waals surface area contributed by atoms with Crippen LogP contribution >= 0.6 is 23.5 Å². The third kappa shape index (κ3) is 7.63. The summed E-state index contributed by atoms with van der Waals surface area (Å²) in [5.41, 5.74) is 3.23. The van der Waals surface area contributed by atoms with Crippen LogP contribution in [0.15, 0.2) is 86.6 Å². The van der Waals surface area contributed by atoms with Crippen molar-refractivity contribution in [2.75, 3.05) is 68.1 Å². The van der Waals surface area contributed by atoms with Crippen LogP contribution in [0.25, 0.3) is 0 Å². The summed E-state index contributed by atoms with van der Waals surface area (Å²) in [6, 6.07) is 21.6. The van der Waals surface area contributed by atoms with Crippen LogP contribution in [0.3, 0.4) is 0 Å². The number of morpholine rings is 1. The standard InChI is InChI=1S/C35H34F3N7O3S2/c1-3-40-26-11-9-24(21-39)19-27(26)41-34-45(22-23-7-5-4-6-8-23)31(46)30(50-34)32-42(2)28-20-25(10-12-29(28)49-32)44(33(47)35(36,37)38)14-13-43-15-17-48-18-16-43/h4-12,19-20,40H,3,13-18,22H2,1-2H3/b32-30+,41-34?. The zero-order chi connectivity index (χ0) is 35.4. The predicted molar refractivity (Wildman–Crippen MR) is 190 cm³/mol. The normalized spacial score (nSPS) is 18.8. The molecule has 2 amide bonds. The van der Waals surface area contributed by atoms with Gasteiger partial charge in [0.1, 0.15) is 4.91 Å². The van der Waals surface area contributed by atoms with Crippen LogP contribution in [0.1, 0.15) is 18.1 Å². The number of thioether (sulfide) groups is 2. The Kier molecular flexibility index (Phi) is 10.7. The van der Waals surface area contributed by atoms with Gasteiger partial charge in [-0.15, -0.1) is 0 Å². The van der Waals surface area contributed by atoms with E-state index in [9.17, 15) is 28.0 Å². The molecule has 0 spiro atoms. The Bertz CT molecular complexity index is 1880. The molecule has 3 aliphatic rings. The minimum atomic E-state index is -5.05. The first-order valence-corrected chi connectivity index (χ1v) is 17.6. The highest BCUT2D eigenvalue weighted by atomic mass is 32.2. The highest BCUT2D eigenvalue weighted by Crippen LogP contribution is 2.51. The molecule has 3 heterocycles. The number of alkyl halides is 3. The molecule has 0 unspecified atom stereocenters. The lowest BCUT2D eigenvalue weighted by atomic mass is 10.2. The lowest BCUT2D eigenvalue weighted by Gasteiger charge is -2.30. The number of halogens is 3. The van der Waals surface area contributed by atoms with Crippen molar-refractivity contribution in [3.63, 3.8) is 0 Å². The molecule has 15 heteroatoms. The maximum Gasteiger partial charge on any atom is 0.471 e. The third-order valence-electron chi connectivity index (χ3n) is 8.31. The number of hydrogen-bond donors (Lipinski definition) is 1. The number of amidine groups is 1. The third-order valence-corrected chi connectivity index (χ3v) is 10.7. The lowest BCUT2D eigenvalue weighted by Crippen LogP contribution is -2.47. The second kappa shape index (κ2) is 15.2. The van der Waals surface area contributed by atoms with E-state index in [-0.39, 0.29) is 31.2 Å². The van der Waals surface area contributed by atoms with Crippen molar-refractivity contribution < 1.29 is 27.5 Å². The number of amides is 2. The number of fused-ring (bicyclic) bond motifs is 1. The number of anilines is 3. The van der Waals surface area contributed by atoms with Gasteiger partial charge in [0.05, 0.1) is 53.5 Å². The molecule has 260 valence electrons. The van der Waals surface area contributed by atoms with Gasteiger partial charge in [0.2, 0.25) is 0 Å². The molecule has 3 aromatic carbocycles. The minimum Gasteiger partial charge on any atom is -0.384 e. The van der Waals surface area contributed by atoms with Gasteiger partial charge in [0.15, 0.2) is 5.17 Å². The second-order valence-corrected chi connectivity index (χ2v) is 13.6. The Morgan fingerprint density at radius 1 is 1.08 bits per heavy atom. The van der Waals surface area contributed by atoms with Gasteiger partial charge in [0.25, 0.3) is 5.91 Å². The van der Waals surface area contributed by atoms with E-state index in [1.807, 2.05) is 42.2 Å². The summed E-state index contributed by atoms with van der Waals surface area (Å²) < 4.78 is 46.7. The van der Waals surface area contributed by atoms with Crippen molar-refractivity contribution in [2.24, 2.45) is 4.99 Å². The zero-order valence-electron chi connectivity index (χ0n) is 27.4. The van der Waals surface area contributed by atoms with Gasteiger partial charge in [0, 0.05) is 50.4 Å². The number of carbonyl (C=O) groups excluding carboxylic acids is 2. The summed E-state index contributed by atoms with van der Waals surface area (Å²) in [4.78, 5) is 39.0. The first-order chi connectivity index (χ1) is 24.1. The van der Waals surface area contributed by atoms with Gasteiger partial charge in [-0.05, 0) is 60.6 Å². The Morgan fingerprint density at radius 2 is 1.84 bits per heavy atom. The van der Waals surface area contributed by atoms with Gasteiger partial charge in [-0.2, -0.15) is 18.4 Å². The van der Waals surface area contributed by atoms with Crippen LogP contribution in [0.2, 0.25) is 0 Å². The molecule has 6 rings (SSSR count). The second-order valence-electron chi connectivity index (χ2n) is 11.6. The number of hydrogen-bond acceptors (Lipinski definition) is 10. The van der Waals surface area contributed by atoms with Crippen molar-refractivity contribution in [3.8, 4) is 6.07 Å². The van der Waals surface area contributed by atoms with Crippen molar-refractivity contribution >= 4 is 63.3 Å². The fraction of sp³-hybridized carbons (Fsp3) is 0.314. The van der Waals surface area contributed by atoms with Crippen LogP contribution in [0, 0.1) is 11.3 Å². The zero-order valence-corrected chi connectivity index (χ0v) is 29.0. The molecule has 0 atom stereocenters. The van der Waals surface area contributed by atoms with Gasteiger partial charge >= 0.3 is 12.1 Å². The number of benzene rings is 3. The summed E-state index contributed by atoms with van der Waals surface area (Å²) in [7, 11) is 1.75. The average Bonchev–Trinajstić information content (AvgIpc) is 3.60. The number of ether oxygens (including phenoxy) is 1. The number of nitrogens with one attached hydrogen (secondary N) is 1. The minimum absolute atomic E-state index is 0.115. The molecule has 10 nitrogen and oxygen atoms in total. The number of carbonyl (C=O) groups is 2. The fourth-order valence-electron chi connectivity index (χ4n) is 5.73. The van der Waals surface area contributed by atoms with E-state index in [4.69, 9.17) is 9.73 Å². The van der Waals surface area contributed by atoms with Gasteiger partial charge in [-0.3, -0.25) is 19.4 Å². The quantitative estimate of drug-likeness (QED) is 0.252. The van der Waals surface area contributed by atoms with E-state index < -0.39 is 12.1 Å². The van der Waals surface area contributed by atoms with E-state index in [0.29, 0.717) is 70.6 Å². The van der Waals surface area contributed by atoms with Crippen molar-refractivity contribution in [3.05, 3.63) is 87.8 Å². The highest BCUT2D eigenvalue weighted by molar-refractivity contribution is 8.19. The van der Waals surface area contributed by atoms with E-state index in [0.717, 1.165) is 15.4 Å². The van der Waals surface area contributed by atoms with E-state index in [1.165, 1.54) is 29.6 Å². The first kappa shape index (κ1) is 35.3. The molecule has 0 radical (unpaired) electrons. The molecule has 0 aromatic heterocycles. The maximum absolute atomic E-state index is 14.2. The molecular formula is C35H34F3N7O3S2. The number of nitrogens with zero attached hydrogens (tertiary/aromatic N) is 6. The number of rotatable bonds is 9. The SMILES string of the molecule is CCNc1ccc(C#N)cc1N=C1S/C(=C2/Sc3ccc(N(CCN4CCOCC4)C(=O)C(F)(F)F)cc3N2C)C(=O)N1Cc1ccccc1. The molecule has 3 aliphatic heterocycles. The Labute approximate surface area is 296 Å². The van der Waals surface area contributed by atoms with Gasteiger partial charge in [-0.25, -0.2) is 4.99 Å². The topological polar surface area (TPSA) is 105 Å². The van der Waals surface area contributed by atoms with Gasteiger partial charge in [-0.1, -0.05) is 42.1 Å². The molecule has 2 fully saturated rings. The Balaban J connectivity index is 1.34. The van der Waals surface area contributed by atoms with Gasteiger partial charge < -0.3 is 19.9 Å². The molecule has 3 aromatic rings. The van der Waals surface area contributed by atoms with Crippen LogP contribution in [-0.2, 0) is 20.9 Å². The van der Waals surface area contributed by atoms with Crippen LogP contribution in [0.4, 0.5) is 35.9 Å². The highest BCUT2D eigenvalue weighted by Gasteiger charge is 2.44. The van der Waals surface area contributed by atoms with E-state index in [2.05, 4.69) is 11.4 Å². The van der Waals surface area contributed by atoms with Crippen molar-refractivity contribution in [2.45, 2.75) is 24.5 Å². The Morgan fingerprint density at radius 3 is 2.54 bits per heavy atom. The molecule has 0 saturated carbocycles. The monoisotopic (exact) mass is 721 g/mol. The largest absolute Gasteiger partial charge is 0.471 e. The van der Waals surface area contributed by atoms with E-state index in [1.54, 1.807) is 47.2 Å². The average molecular weight is 722 g/mol. The lowest BCUT2D eigenvalue weighted by molar-refractivity contribution is -0.170. The van der Waals surface area contributed by atoms with Crippen molar-refractivity contribution in [1.82, 2.24) is 9.80 Å². The maximum atomic E-state index is 14.2. The predicted octanol–water partition coefficient (Wildman–Crippen LogP) is 6.39. The molecular weight excluding hydrogens is 688 g/mol. The summed E-state index contributed by atoms with van der Waals surface area (Å²) >= 11 is 2.53. The van der Waals surface area contributed by atoms with Crippen LogP contribution in [0.5, 0.6) is 0 Å². The fourth-order valence-corrected chi connectivity index (χ4v) is 8.05. The molecule has 2 saturated heterocycles. The van der Waals surface area contributed by atoms with Crippen LogP contribution < -0.4 is 15.1 Å². The molecule has 1 N–H and O–H groups in total. The van der Waals surface area contributed by atoms with E-state index >= 15 is 0 Å². The smallest absolute Gasteiger partial charge is 0.384 e. The van der Waals surface area contributed by atoms with Crippen LogP contribution in [-0.4, -0.2) is 85.9 Å². The molecule has 0 aliphatic carbocycles.